The van der Waals surface area contributed by atoms with Gasteiger partial charge in [-0.15, -0.1) is 11.8 Å². The van der Waals surface area contributed by atoms with Gasteiger partial charge in [0.15, 0.2) is 0 Å². The molecule has 0 saturated carbocycles. The Hall–Kier alpha value is -1.01. The molecule has 0 aromatic heterocycles. The number of nitrogens with one attached hydrogen (secondary N) is 1. The summed E-state index contributed by atoms with van der Waals surface area (Å²) in [4.78, 5) is 10.8. The van der Waals surface area contributed by atoms with Crippen LogP contribution in [-0.2, 0) is 9.53 Å². The molecule has 0 rings (SSSR count). The third kappa shape index (κ3) is 7.35. The minimum absolute atomic E-state index is 0.158. The SMILES string of the molecule is CC#CCCNC(C)CC(=O)OC. The van der Waals surface area contributed by atoms with E-state index in [0.29, 0.717) is 6.42 Å². The fourth-order valence-corrected chi connectivity index (χ4v) is 0.912. The minimum Gasteiger partial charge on any atom is -0.469 e. The first-order chi connectivity index (χ1) is 6.20. The number of rotatable bonds is 5. The molecule has 74 valence electrons. The Morgan fingerprint density at radius 2 is 2.31 bits per heavy atom. The molecule has 0 radical (unpaired) electrons. The van der Waals surface area contributed by atoms with Crippen LogP contribution in [0.4, 0.5) is 0 Å². The van der Waals surface area contributed by atoms with Crippen LogP contribution in [0.5, 0.6) is 0 Å². The number of hydrogen-bond acceptors (Lipinski definition) is 3. The highest BCUT2D eigenvalue weighted by Crippen LogP contribution is 1.92. The van der Waals surface area contributed by atoms with Crippen molar-refractivity contribution >= 4 is 5.97 Å². The molecule has 0 heterocycles. The third-order valence-electron chi connectivity index (χ3n) is 1.62. The van der Waals surface area contributed by atoms with Crippen LogP contribution in [0.25, 0.3) is 0 Å². The Morgan fingerprint density at radius 3 is 2.85 bits per heavy atom. The summed E-state index contributed by atoms with van der Waals surface area (Å²) in [5.41, 5.74) is 0. The molecule has 13 heavy (non-hydrogen) atoms. The second-order valence-corrected chi connectivity index (χ2v) is 2.81. The Labute approximate surface area is 79.8 Å². The maximum absolute atomic E-state index is 10.8. The lowest BCUT2D eigenvalue weighted by atomic mass is 10.2. The lowest BCUT2D eigenvalue weighted by Crippen LogP contribution is -2.29. The van der Waals surface area contributed by atoms with E-state index in [1.165, 1.54) is 7.11 Å². The maximum Gasteiger partial charge on any atom is 0.307 e. The van der Waals surface area contributed by atoms with Crippen molar-refractivity contribution in [2.75, 3.05) is 13.7 Å². The Balaban J connectivity index is 3.43. The molecule has 1 atom stereocenters. The van der Waals surface area contributed by atoms with Crippen molar-refractivity contribution in [3.8, 4) is 11.8 Å². The van der Waals surface area contributed by atoms with E-state index in [-0.39, 0.29) is 12.0 Å². The fraction of sp³-hybridized carbons (Fsp3) is 0.700. The highest BCUT2D eigenvalue weighted by molar-refractivity contribution is 5.69. The summed E-state index contributed by atoms with van der Waals surface area (Å²) in [6, 6.07) is 0.158. The van der Waals surface area contributed by atoms with Crippen molar-refractivity contribution in [1.82, 2.24) is 5.32 Å². The van der Waals surface area contributed by atoms with Crippen LogP contribution >= 0.6 is 0 Å². The maximum atomic E-state index is 10.8. The number of carbonyl (C=O) groups excluding carboxylic acids is 1. The largest absolute Gasteiger partial charge is 0.469 e. The highest BCUT2D eigenvalue weighted by Gasteiger charge is 2.06. The summed E-state index contributed by atoms with van der Waals surface area (Å²) in [7, 11) is 1.40. The molecule has 0 aliphatic heterocycles. The zero-order chi connectivity index (χ0) is 10.1. The zero-order valence-corrected chi connectivity index (χ0v) is 8.52. The lowest BCUT2D eigenvalue weighted by molar-refractivity contribution is -0.141. The van der Waals surface area contributed by atoms with E-state index in [2.05, 4.69) is 21.9 Å². The molecule has 0 aromatic rings. The first-order valence-corrected chi connectivity index (χ1v) is 4.40. The van der Waals surface area contributed by atoms with Crippen molar-refractivity contribution < 1.29 is 9.53 Å². The number of ether oxygens (including phenoxy) is 1. The third-order valence-corrected chi connectivity index (χ3v) is 1.62. The number of carbonyl (C=O) groups is 1. The minimum atomic E-state index is -0.179. The number of hydrogen-bond donors (Lipinski definition) is 1. The Bertz CT molecular complexity index is 203. The van der Waals surface area contributed by atoms with Gasteiger partial charge in [0.2, 0.25) is 0 Å². The van der Waals surface area contributed by atoms with Crippen molar-refractivity contribution in [3.05, 3.63) is 0 Å². The van der Waals surface area contributed by atoms with Crippen molar-refractivity contribution in [3.63, 3.8) is 0 Å². The van der Waals surface area contributed by atoms with E-state index in [1.807, 2.05) is 13.8 Å². The predicted molar refractivity (Wildman–Crippen MR) is 52.2 cm³/mol. The summed E-state index contributed by atoms with van der Waals surface area (Å²) < 4.78 is 4.54. The molecule has 1 N–H and O–H groups in total. The topological polar surface area (TPSA) is 38.3 Å². The molecule has 0 saturated heterocycles. The average Bonchev–Trinajstić information content (AvgIpc) is 2.12. The Kier molecular flexibility index (Phi) is 7.04. The smallest absolute Gasteiger partial charge is 0.307 e. The summed E-state index contributed by atoms with van der Waals surface area (Å²) in [5.74, 6) is 5.57. The van der Waals surface area contributed by atoms with Gasteiger partial charge in [-0.25, -0.2) is 0 Å². The first kappa shape index (κ1) is 12.0. The average molecular weight is 183 g/mol. The van der Waals surface area contributed by atoms with Gasteiger partial charge in [-0.1, -0.05) is 0 Å². The molecule has 0 aliphatic rings. The Morgan fingerprint density at radius 1 is 1.62 bits per heavy atom. The second-order valence-electron chi connectivity index (χ2n) is 2.81. The van der Waals surface area contributed by atoms with Gasteiger partial charge in [-0.3, -0.25) is 4.79 Å². The van der Waals surface area contributed by atoms with E-state index in [4.69, 9.17) is 0 Å². The molecule has 0 aliphatic carbocycles. The van der Waals surface area contributed by atoms with Crippen molar-refractivity contribution in [2.24, 2.45) is 0 Å². The summed E-state index contributed by atoms with van der Waals surface area (Å²) in [5, 5.41) is 3.18. The normalized spacial score (nSPS) is 11.3. The van der Waals surface area contributed by atoms with Gasteiger partial charge in [0.25, 0.3) is 0 Å². The van der Waals surface area contributed by atoms with Crippen LogP contribution in [0.15, 0.2) is 0 Å². The van der Waals surface area contributed by atoms with Crippen LogP contribution in [0.1, 0.15) is 26.7 Å². The molecular formula is C10H17NO2. The first-order valence-electron chi connectivity index (χ1n) is 4.40. The van der Waals surface area contributed by atoms with E-state index in [1.54, 1.807) is 0 Å². The zero-order valence-electron chi connectivity index (χ0n) is 8.52. The fourth-order valence-electron chi connectivity index (χ4n) is 0.912. The highest BCUT2D eigenvalue weighted by atomic mass is 16.5. The lowest BCUT2D eigenvalue weighted by Gasteiger charge is -2.10. The molecule has 3 nitrogen and oxygen atoms in total. The van der Waals surface area contributed by atoms with Crippen molar-refractivity contribution in [2.45, 2.75) is 32.7 Å². The van der Waals surface area contributed by atoms with Gasteiger partial charge >= 0.3 is 5.97 Å². The van der Waals surface area contributed by atoms with Crippen LogP contribution in [0.3, 0.4) is 0 Å². The van der Waals surface area contributed by atoms with Crippen LogP contribution < -0.4 is 5.32 Å². The van der Waals surface area contributed by atoms with Gasteiger partial charge in [0.05, 0.1) is 13.5 Å². The molecule has 0 aromatic carbocycles. The predicted octanol–water partition coefficient (Wildman–Crippen LogP) is 0.941. The summed E-state index contributed by atoms with van der Waals surface area (Å²) in [6.07, 6.45) is 1.23. The molecule has 0 fully saturated rings. The second kappa shape index (κ2) is 7.63. The van der Waals surface area contributed by atoms with Gasteiger partial charge in [-0.2, -0.15) is 0 Å². The van der Waals surface area contributed by atoms with E-state index >= 15 is 0 Å². The molecule has 0 amide bonds. The molecule has 1 unspecified atom stereocenters. The number of esters is 1. The van der Waals surface area contributed by atoms with Crippen LogP contribution in [0, 0.1) is 11.8 Å². The molecular weight excluding hydrogens is 166 g/mol. The monoisotopic (exact) mass is 183 g/mol. The van der Waals surface area contributed by atoms with Crippen molar-refractivity contribution in [1.29, 1.82) is 0 Å². The molecule has 0 spiro atoms. The van der Waals surface area contributed by atoms with E-state index in [9.17, 15) is 4.79 Å². The summed E-state index contributed by atoms with van der Waals surface area (Å²) >= 11 is 0. The number of methoxy groups -OCH3 is 1. The molecule has 3 heteroatoms. The van der Waals surface area contributed by atoms with Crippen LogP contribution in [-0.4, -0.2) is 25.7 Å². The van der Waals surface area contributed by atoms with E-state index < -0.39 is 0 Å². The summed E-state index contributed by atoms with van der Waals surface area (Å²) in [6.45, 7) is 4.59. The molecule has 0 bridgehead atoms. The van der Waals surface area contributed by atoms with Gasteiger partial charge in [0.1, 0.15) is 0 Å². The van der Waals surface area contributed by atoms with Gasteiger partial charge in [-0.05, 0) is 13.8 Å². The van der Waals surface area contributed by atoms with Gasteiger partial charge < -0.3 is 10.1 Å². The van der Waals surface area contributed by atoms with Crippen LogP contribution in [0.2, 0.25) is 0 Å². The quantitative estimate of drug-likeness (QED) is 0.391. The van der Waals surface area contributed by atoms with E-state index in [0.717, 1.165) is 13.0 Å². The standard InChI is InChI=1S/C10H17NO2/c1-4-5-6-7-11-9(2)8-10(12)13-3/h9,11H,6-8H2,1-3H3. The van der Waals surface area contributed by atoms with Gasteiger partial charge in [0, 0.05) is 19.0 Å².